The summed E-state index contributed by atoms with van der Waals surface area (Å²) in [7, 11) is 0. The van der Waals surface area contributed by atoms with Gasteiger partial charge in [0.2, 0.25) is 0 Å². The lowest BCUT2D eigenvalue weighted by molar-refractivity contribution is -0.384. The summed E-state index contributed by atoms with van der Waals surface area (Å²) >= 11 is 5.99. The van der Waals surface area contributed by atoms with Crippen LogP contribution in [0.5, 0.6) is 0 Å². The van der Waals surface area contributed by atoms with Gasteiger partial charge in [0.05, 0.1) is 21.2 Å². The second kappa shape index (κ2) is 6.59. The van der Waals surface area contributed by atoms with Crippen LogP contribution in [0.1, 0.15) is 29.6 Å². The van der Waals surface area contributed by atoms with Crippen molar-refractivity contribution in [2.24, 2.45) is 10.9 Å². The topological polar surface area (TPSA) is 102 Å². The zero-order chi connectivity index (χ0) is 19.1. The lowest BCUT2D eigenvalue weighted by Gasteiger charge is -2.28. The van der Waals surface area contributed by atoms with Gasteiger partial charge in [0.15, 0.2) is 0 Å². The molecule has 1 unspecified atom stereocenters. The number of carbonyl (C=O) groups is 2. The monoisotopic (exact) mass is 383 g/mol. The molecule has 4 rings (SSSR count). The summed E-state index contributed by atoms with van der Waals surface area (Å²) in [5.74, 6) is -0.759. The van der Waals surface area contributed by atoms with Crippen LogP contribution in [0.15, 0.2) is 58.3 Å². The van der Waals surface area contributed by atoms with Crippen LogP contribution in [-0.2, 0) is 4.79 Å². The number of benzene rings is 1. The number of hydrogen-bond donors (Lipinski definition) is 1. The van der Waals surface area contributed by atoms with E-state index in [2.05, 4.69) is 10.3 Å². The number of nitro groups is 1. The quantitative estimate of drug-likeness (QED) is 0.623. The Balaban J connectivity index is 1.64. The SMILES string of the molecule is O=C1NC2=CC(=NC(=O)c3cc([N+](=O)[O-])ccc3Cl)C=CC2C2=C1CCC2. The van der Waals surface area contributed by atoms with Crippen molar-refractivity contribution in [2.45, 2.75) is 19.3 Å². The summed E-state index contributed by atoms with van der Waals surface area (Å²) in [5.41, 5.74) is 2.77. The number of aliphatic imine (C=N–C) groups is 1. The van der Waals surface area contributed by atoms with Gasteiger partial charge in [-0.15, -0.1) is 0 Å². The van der Waals surface area contributed by atoms with Crippen molar-refractivity contribution < 1.29 is 14.5 Å². The van der Waals surface area contributed by atoms with Crippen molar-refractivity contribution in [2.75, 3.05) is 0 Å². The van der Waals surface area contributed by atoms with E-state index in [4.69, 9.17) is 11.6 Å². The van der Waals surface area contributed by atoms with Crippen LogP contribution < -0.4 is 5.32 Å². The van der Waals surface area contributed by atoms with Crippen molar-refractivity contribution in [1.82, 2.24) is 5.32 Å². The third-order valence-electron chi connectivity index (χ3n) is 4.89. The molecule has 0 aromatic heterocycles. The Morgan fingerprint density at radius 1 is 1.33 bits per heavy atom. The summed E-state index contributed by atoms with van der Waals surface area (Å²) in [6, 6.07) is 3.63. The zero-order valence-electron chi connectivity index (χ0n) is 14.1. The molecule has 27 heavy (non-hydrogen) atoms. The minimum atomic E-state index is -0.679. The normalized spacial score (nSPS) is 22.3. The highest BCUT2D eigenvalue weighted by Gasteiger charge is 2.34. The molecule has 0 saturated heterocycles. The highest BCUT2D eigenvalue weighted by Crippen LogP contribution is 2.39. The van der Waals surface area contributed by atoms with E-state index in [1.807, 2.05) is 6.08 Å². The lowest BCUT2D eigenvalue weighted by atomic mass is 9.85. The number of carbonyl (C=O) groups excluding carboxylic acids is 2. The predicted molar refractivity (Wildman–Crippen MR) is 99.6 cm³/mol. The summed E-state index contributed by atoms with van der Waals surface area (Å²) in [6.45, 7) is 0. The second-order valence-corrected chi connectivity index (χ2v) is 6.92. The van der Waals surface area contributed by atoms with Gasteiger partial charge in [-0.2, -0.15) is 0 Å². The van der Waals surface area contributed by atoms with Crippen molar-refractivity contribution in [3.63, 3.8) is 0 Å². The summed E-state index contributed by atoms with van der Waals surface area (Å²) in [5, 5.41) is 13.9. The van der Waals surface area contributed by atoms with Gasteiger partial charge in [0, 0.05) is 29.3 Å². The van der Waals surface area contributed by atoms with Gasteiger partial charge in [0.1, 0.15) is 0 Å². The van der Waals surface area contributed by atoms with Crippen LogP contribution in [0.2, 0.25) is 5.02 Å². The molecule has 0 bridgehead atoms. The van der Waals surface area contributed by atoms with Gasteiger partial charge in [-0.3, -0.25) is 19.7 Å². The maximum absolute atomic E-state index is 12.5. The zero-order valence-corrected chi connectivity index (χ0v) is 14.8. The number of nitrogens with one attached hydrogen (secondary N) is 1. The lowest BCUT2D eigenvalue weighted by Crippen LogP contribution is -2.35. The van der Waals surface area contributed by atoms with Gasteiger partial charge in [0.25, 0.3) is 17.5 Å². The van der Waals surface area contributed by atoms with Gasteiger partial charge >= 0.3 is 0 Å². The number of nitro benzene ring substituents is 1. The van der Waals surface area contributed by atoms with E-state index in [0.717, 1.165) is 36.5 Å². The predicted octanol–water partition coefficient (Wildman–Crippen LogP) is 3.51. The maximum Gasteiger partial charge on any atom is 0.279 e. The average molecular weight is 384 g/mol. The van der Waals surface area contributed by atoms with Crippen molar-refractivity contribution >= 4 is 34.8 Å². The van der Waals surface area contributed by atoms with Gasteiger partial charge < -0.3 is 5.32 Å². The summed E-state index contributed by atoms with van der Waals surface area (Å²) in [6.07, 6.45) is 7.95. The highest BCUT2D eigenvalue weighted by atomic mass is 35.5. The Kier molecular flexibility index (Phi) is 4.24. The Hall–Kier alpha value is -3.06. The number of amides is 2. The maximum atomic E-state index is 12.5. The first-order valence-corrected chi connectivity index (χ1v) is 8.82. The minimum absolute atomic E-state index is 0.00986. The average Bonchev–Trinajstić information content (AvgIpc) is 3.12. The Morgan fingerprint density at radius 3 is 2.93 bits per heavy atom. The van der Waals surface area contributed by atoms with E-state index in [1.54, 1.807) is 12.2 Å². The van der Waals surface area contributed by atoms with E-state index >= 15 is 0 Å². The fourth-order valence-corrected chi connectivity index (χ4v) is 3.83. The fraction of sp³-hybridized carbons (Fsp3) is 0.211. The first-order valence-electron chi connectivity index (χ1n) is 8.44. The summed E-state index contributed by atoms with van der Waals surface area (Å²) in [4.78, 5) is 39.0. The molecule has 0 saturated carbocycles. The molecule has 2 aliphatic carbocycles. The molecule has 8 heteroatoms. The van der Waals surface area contributed by atoms with Crippen LogP contribution in [0.25, 0.3) is 0 Å². The van der Waals surface area contributed by atoms with Crippen molar-refractivity contribution in [3.8, 4) is 0 Å². The molecule has 3 aliphatic rings. The number of allylic oxidation sites excluding steroid dienone is 3. The standard InChI is InChI=1S/C19H14ClN3O4/c20-16-7-5-11(23(26)27)9-15(16)19(25)21-10-4-6-13-12-2-1-3-14(12)18(24)22-17(13)8-10/h4-9,13H,1-3H2,(H,22,24). The van der Waals surface area contributed by atoms with E-state index in [-0.39, 0.29) is 28.1 Å². The van der Waals surface area contributed by atoms with Crippen LogP contribution >= 0.6 is 11.6 Å². The number of halogens is 1. The largest absolute Gasteiger partial charge is 0.325 e. The molecule has 1 N–H and O–H groups in total. The van der Waals surface area contributed by atoms with Crippen LogP contribution in [0.4, 0.5) is 5.69 Å². The fourth-order valence-electron chi connectivity index (χ4n) is 3.63. The molecule has 1 atom stereocenters. The van der Waals surface area contributed by atoms with Crippen LogP contribution in [0, 0.1) is 16.0 Å². The molecule has 2 amide bonds. The molecular formula is C19H14ClN3O4. The molecule has 0 spiro atoms. The Morgan fingerprint density at radius 2 is 2.15 bits per heavy atom. The number of rotatable bonds is 2. The van der Waals surface area contributed by atoms with Gasteiger partial charge in [-0.05, 0) is 43.1 Å². The second-order valence-electron chi connectivity index (χ2n) is 6.51. The van der Waals surface area contributed by atoms with E-state index in [0.29, 0.717) is 11.4 Å². The van der Waals surface area contributed by atoms with Crippen molar-refractivity contribution in [1.29, 1.82) is 0 Å². The smallest absolute Gasteiger partial charge is 0.279 e. The molecule has 7 nitrogen and oxygen atoms in total. The molecule has 1 aromatic carbocycles. The van der Waals surface area contributed by atoms with E-state index in [1.165, 1.54) is 12.1 Å². The van der Waals surface area contributed by atoms with Gasteiger partial charge in [-0.25, -0.2) is 4.99 Å². The van der Waals surface area contributed by atoms with Crippen LogP contribution in [-0.4, -0.2) is 22.4 Å². The summed E-state index contributed by atoms with van der Waals surface area (Å²) < 4.78 is 0. The molecule has 0 radical (unpaired) electrons. The first kappa shape index (κ1) is 17.4. The number of non-ortho nitro benzene ring substituents is 1. The van der Waals surface area contributed by atoms with Crippen molar-refractivity contribution in [3.05, 3.63) is 74.0 Å². The number of hydrogen-bond acceptors (Lipinski definition) is 4. The first-order chi connectivity index (χ1) is 12.9. The third kappa shape index (κ3) is 3.10. The van der Waals surface area contributed by atoms with E-state index in [9.17, 15) is 19.7 Å². The minimum Gasteiger partial charge on any atom is -0.325 e. The molecule has 1 heterocycles. The number of nitrogens with zero attached hydrogens (tertiary/aromatic N) is 2. The molecule has 1 aromatic rings. The van der Waals surface area contributed by atoms with Crippen LogP contribution in [0.3, 0.4) is 0 Å². The molecule has 0 fully saturated rings. The molecular weight excluding hydrogens is 370 g/mol. The van der Waals surface area contributed by atoms with E-state index < -0.39 is 10.8 Å². The number of fused-ring (bicyclic) bond motifs is 2. The Labute approximate surface area is 159 Å². The van der Waals surface area contributed by atoms with Gasteiger partial charge in [-0.1, -0.05) is 17.7 Å². The molecule has 136 valence electrons. The highest BCUT2D eigenvalue weighted by molar-refractivity contribution is 6.34. The molecule has 1 aliphatic heterocycles. The third-order valence-corrected chi connectivity index (χ3v) is 5.22. The Bertz CT molecular complexity index is 1020.